The second-order valence-corrected chi connectivity index (χ2v) is 14.1. The molecule has 1 saturated carbocycles. The van der Waals surface area contributed by atoms with Crippen molar-refractivity contribution in [3.05, 3.63) is 32.6 Å². The van der Waals surface area contributed by atoms with Crippen LogP contribution in [0.15, 0.2) is 15.8 Å². The second-order valence-electron chi connectivity index (χ2n) is 9.32. The van der Waals surface area contributed by atoms with Crippen molar-refractivity contribution < 1.29 is 19.4 Å². The van der Waals surface area contributed by atoms with Crippen molar-refractivity contribution in [2.75, 3.05) is 0 Å². The molecule has 2 fully saturated rings. The molecule has 0 bridgehead atoms. The topological polar surface area (TPSA) is 114 Å². The molecule has 27 heavy (non-hydrogen) atoms. The predicted molar refractivity (Wildman–Crippen MR) is 102 cm³/mol. The van der Waals surface area contributed by atoms with E-state index in [-0.39, 0.29) is 5.04 Å². The molecule has 2 aliphatic rings. The lowest BCUT2D eigenvalue weighted by Gasteiger charge is -2.42. The molecule has 0 spiro atoms. The molecule has 3 rings (SSSR count). The van der Waals surface area contributed by atoms with Gasteiger partial charge in [0, 0.05) is 11.8 Å². The van der Waals surface area contributed by atoms with Gasteiger partial charge in [-0.1, -0.05) is 20.8 Å². The molecule has 1 aliphatic heterocycles. The Morgan fingerprint density at radius 2 is 2.00 bits per heavy atom. The number of nitrogens with zero attached hydrogens (tertiary/aromatic N) is 1. The Bertz CT molecular complexity index is 841. The summed E-state index contributed by atoms with van der Waals surface area (Å²) < 4.78 is 13.8. The minimum Gasteiger partial charge on any atom is -0.406 e. The SMILES string of the molecule is Cc1cn([C@@H]2O[C@@H]3[C@H](O)CC[C@]3(O)[C@H]2O[Si](C)(C)C(C)(C)C)c(=O)[nH]c1=O. The number of aromatic nitrogens is 2. The molecule has 3 N–H and O–H groups in total. The molecule has 5 atom stereocenters. The first-order valence-electron chi connectivity index (χ1n) is 9.34. The predicted octanol–water partition coefficient (Wildman–Crippen LogP) is 1.02. The van der Waals surface area contributed by atoms with Gasteiger partial charge in [0.2, 0.25) is 0 Å². The average molecular weight is 399 g/mol. The van der Waals surface area contributed by atoms with E-state index < -0.39 is 49.7 Å². The minimum atomic E-state index is -2.32. The fourth-order valence-corrected chi connectivity index (χ4v) is 4.94. The van der Waals surface area contributed by atoms with Gasteiger partial charge in [-0.05, 0) is 37.9 Å². The Balaban J connectivity index is 2.08. The average Bonchev–Trinajstić information content (AvgIpc) is 2.97. The molecule has 0 amide bonds. The standard InChI is InChI=1S/C18H30N2O6Si/c1-10-9-20(16(23)19-14(10)22)15-13(26-27(5,6)17(2,3)4)18(24)8-7-11(21)12(18)25-15/h9,11-13,15,21,24H,7-8H2,1-6H3,(H,19,22,23)/t11-,12-,13+,15-,18-/m1/s1. The Labute approximate surface area is 159 Å². The van der Waals surface area contributed by atoms with E-state index in [1.807, 2.05) is 0 Å². The van der Waals surface area contributed by atoms with E-state index in [0.717, 1.165) is 0 Å². The maximum absolute atomic E-state index is 12.4. The van der Waals surface area contributed by atoms with E-state index in [9.17, 15) is 19.8 Å². The van der Waals surface area contributed by atoms with Gasteiger partial charge < -0.3 is 19.4 Å². The highest BCUT2D eigenvalue weighted by atomic mass is 28.4. The maximum Gasteiger partial charge on any atom is 0.330 e. The van der Waals surface area contributed by atoms with Gasteiger partial charge in [-0.15, -0.1) is 0 Å². The van der Waals surface area contributed by atoms with Crippen LogP contribution in [0.1, 0.15) is 45.4 Å². The van der Waals surface area contributed by atoms with Gasteiger partial charge in [0.25, 0.3) is 5.56 Å². The van der Waals surface area contributed by atoms with Crippen molar-refractivity contribution in [3.63, 3.8) is 0 Å². The highest BCUT2D eigenvalue weighted by Gasteiger charge is 2.64. The summed E-state index contributed by atoms with van der Waals surface area (Å²) in [6, 6.07) is 0. The molecule has 8 nitrogen and oxygen atoms in total. The molecule has 1 aliphatic carbocycles. The van der Waals surface area contributed by atoms with Crippen LogP contribution in [-0.2, 0) is 9.16 Å². The zero-order valence-corrected chi connectivity index (χ0v) is 17.8. The van der Waals surface area contributed by atoms with Gasteiger partial charge in [0.15, 0.2) is 14.5 Å². The van der Waals surface area contributed by atoms with Crippen molar-refractivity contribution in [1.29, 1.82) is 0 Å². The number of ether oxygens (including phenoxy) is 1. The minimum absolute atomic E-state index is 0.116. The summed E-state index contributed by atoms with van der Waals surface area (Å²) >= 11 is 0. The molecular formula is C18H30N2O6Si. The van der Waals surface area contributed by atoms with Crippen molar-refractivity contribution in [1.82, 2.24) is 9.55 Å². The number of hydrogen-bond donors (Lipinski definition) is 3. The van der Waals surface area contributed by atoms with E-state index >= 15 is 0 Å². The highest BCUT2D eigenvalue weighted by molar-refractivity contribution is 6.74. The van der Waals surface area contributed by atoms with Crippen molar-refractivity contribution in [2.45, 2.75) is 88.8 Å². The number of aromatic amines is 1. The van der Waals surface area contributed by atoms with Gasteiger partial charge >= 0.3 is 5.69 Å². The summed E-state index contributed by atoms with van der Waals surface area (Å²) in [5, 5.41) is 21.5. The van der Waals surface area contributed by atoms with Crippen LogP contribution in [-0.4, -0.2) is 52.0 Å². The van der Waals surface area contributed by atoms with E-state index in [1.54, 1.807) is 6.92 Å². The van der Waals surface area contributed by atoms with Crippen LogP contribution in [0.5, 0.6) is 0 Å². The van der Waals surface area contributed by atoms with Crippen LogP contribution in [0.3, 0.4) is 0 Å². The number of hydrogen-bond acceptors (Lipinski definition) is 6. The van der Waals surface area contributed by atoms with E-state index in [0.29, 0.717) is 18.4 Å². The summed E-state index contributed by atoms with van der Waals surface area (Å²) in [6.45, 7) is 12.0. The molecule has 0 radical (unpaired) electrons. The van der Waals surface area contributed by atoms with Crippen LogP contribution < -0.4 is 11.2 Å². The van der Waals surface area contributed by atoms with Crippen LogP contribution >= 0.6 is 0 Å². The Morgan fingerprint density at radius 1 is 1.37 bits per heavy atom. The first-order chi connectivity index (χ1) is 12.3. The number of aliphatic hydroxyl groups excluding tert-OH is 1. The number of nitrogens with one attached hydrogen (secondary N) is 1. The van der Waals surface area contributed by atoms with E-state index in [4.69, 9.17) is 9.16 Å². The van der Waals surface area contributed by atoms with Crippen molar-refractivity contribution in [2.24, 2.45) is 0 Å². The lowest BCUT2D eigenvalue weighted by molar-refractivity contribution is -0.0858. The summed E-state index contributed by atoms with van der Waals surface area (Å²) in [6.07, 6.45) is -1.25. The first-order valence-corrected chi connectivity index (χ1v) is 12.2. The molecule has 9 heteroatoms. The second kappa shape index (κ2) is 6.38. The van der Waals surface area contributed by atoms with Gasteiger partial charge in [0.1, 0.15) is 17.8 Å². The van der Waals surface area contributed by atoms with Gasteiger partial charge in [-0.3, -0.25) is 14.3 Å². The van der Waals surface area contributed by atoms with Crippen LogP contribution in [0.2, 0.25) is 18.1 Å². The van der Waals surface area contributed by atoms with Crippen LogP contribution in [0.25, 0.3) is 0 Å². The largest absolute Gasteiger partial charge is 0.406 e. The first kappa shape index (κ1) is 20.5. The lowest BCUT2D eigenvalue weighted by Crippen LogP contribution is -2.54. The summed E-state index contributed by atoms with van der Waals surface area (Å²) in [4.78, 5) is 26.4. The third kappa shape index (κ3) is 3.25. The van der Waals surface area contributed by atoms with Crippen LogP contribution in [0, 0.1) is 6.92 Å². The van der Waals surface area contributed by atoms with Gasteiger partial charge in [0.05, 0.1) is 6.10 Å². The Kier molecular flexibility index (Phi) is 4.84. The maximum atomic E-state index is 12.4. The van der Waals surface area contributed by atoms with E-state index in [1.165, 1.54) is 10.8 Å². The summed E-state index contributed by atoms with van der Waals surface area (Å²) in [5.41, 5.74) is -2.12. The van der Waals surface area contributed by atoms with Gasteiger partial charge in [-0.2, -0.15) is 0 Å². The zero-order chi connectivity index (χ0) is 20.4. The normalized spacial score (nSPS) is 34.1. The molecular weight excluding hydrogens is 368 g/mol. The smallest absolute Gasteiger partial charge is 0.330 e. The fraction of sp³-hybridized carbons (Fsp3) is 0.778. The summed E-state index contributed by atoms with van der Waals surface area (Å²) in [7, 11) is -2.32. The molecule has 152 valence electrons. The number of fused-ring (bicyclic) bond motifs is 1. The number of aliphatic hydroxyl groups is 2. The number of rotatable bonds is 3. The fourth-order valence-electron chi connectivity index (χ4n) is 3.63. The molecule has 1 aromatic rings. The molecule has 2 heterocycles. The Morgan fingerprint density at radius 3 is 2.59 bits per heavy atom. The monoisotopic (exact) mass is 398 g/mol. The van der Waals surface area contributed by atoms with Crippen LogP contribution in [0.4, 0.5) is 0 Å². The number of aryl methyl sites for hydroxylation is 1. The Hall–Kier alpha value is -1.26. The molecule has 1 aromatic heterocycles. The zero-order valence-electron chi connectivity index (χ0n) is 16.8. The molecule has 0 unspecified atom stereocenters. The van der Waals surface area contributed by atoms with Crippen molar-refractivity contribution >= 4 is 8.32 Å². The van der Waals surface area contributed by atoms with E-state index in [2.05, 4.69) is 38.8 Å². The highest BCUT2D eigenvalue weighted by Crippen LogP contribution is 2.50. The third-order valence-corrected chi connectivity index (χ3v) is 10.8. The molecule has 1 saturated heterocycles. The molecule has 0 aromatic carbocycles. The lowest BCUT2D eigenvalue weighted by atomic mass is 9.94. The third-order valence-electron chi connectivity index (χ3n) is 6.37. The summed E-state index contributed by atoms with van der Waals surface area (Å²) in [5.74, 6) is 0. The van der Waals surface area contributed by atoms with Crippen molar-refractivity contribution in [3.8, 4) is 0 Å². The number of H-pyrrole nitrogens is 1. The quantitative estimate of drug-likeness (QED) is 0.655. The van der Waals surface area contributed by atoms with Gasteiger partial charge in [-0.25, -0.2) is 4.79 Å².